The number of likely N-dealkylation sites (tertiary alicyclic amines) is 1. The van der Waals surface area contributed by atoms with Crippen LogP contribution < -0.4 is 0 Å². The van der Waals surface area contributed by atoms with Crippen molar-refractivity contribution in [3.8, 4) is 0 Å². The van der Waals surface area contributed by atoms with Crippen LogP contribution >= 0.6 is 12.2 Å². The van der Waals surface area contributed by atoms with Crippen LogP contribution in [0.1, 0.15) is 29.0 Å². The molecule has 1 aromatic rings. The molecule has 0 atom stereocenters. The minimum atomic E-state index is -0.955. The number of nitrogens with one attached hydrogen (secondary N) is 2. The predicted molar refractivity (Wildman–Crippen MR) is 62.3 cm³/mol. The van der Waals surface area contributed by atoms with Crippen LogP contribution in [0.25, 0.3) is 0 Å². The number of carboxylic acid groups (broad SMARTS) is 1. The lowest BCUT2D eigenvalue weighted by Gasteiger charge is -2.13. The number of imidazole rings is 1. The van der Waals surface area contributed by atoms with Crippen LogP contribution in [-0.4, -0.2) is 45.6 Å². The molecule has 1 aliphatic heterocycles. The molecule has 0 aliphatic carbocycles. The summed E-state index contributed by atoms with van der Waals surface area (Å²) in [7, 11) is 0. The van der Waals surface area contributed by atoms with Crippen molar-refractivity contribution >= 4 is 18.2 Å². The molecule has 0 radical (unpaired) electrons. The first-order valence-electron chi connectivity index (χ1n) is 5.43. The first-order chi connectivity index (χ1) is 7.66. The maximum atomic E-state index is 10.9. The maximum Gasteiger partial charge on any atom is 0.354 e. The standard InChI is InChI=1S/C10H15N3O2S/c14-9(15)8-7(11-10(16)12-8)3-6-13-4-1-2-5-13/h1-6H2,(H,14,15)(H2,11,12,16). The predicted octanol–water partition coefficient (Wildman–Crippen LogP) is 1.41. The van der Waals surface area contributed by atoms with Crippen molar-refractivity contribution in [3.63, 3.8) is 0 Å². The summed E-state index contributed by atoms with van der Waals surface area (Å²) in [5.74, 6) is -0.955. The Kier molecular flexibility index (Phi) is 3.40. The Labute approximate surface area is 98.5 Å². The summed E-state index contributed by atoms with van der Waals surface area (Å²) in [6.07, 6.45) is 3.19. The van der Waals surface area contributed by atoms with Gasteiger partial charge in [0.1, 0.15) is 5.69 Å². The summed E-state index contributed by atoms with van der Waals surface area (Å²) in [6.45, 7) is 3.13. The molecule has 5 nitrogen and oxygen atoms in total. The zero-order chi connectivity index (χ0) is 11.5. The Bertz CT molecular complexity index is 432. The molecule has 0 aromatic carbocycles. The van der Waals surface area contributed by atoms with Crippen molar-refractivity contribution < 1.29 is 9.90 Å². The third-order valence-corrected chi connectivity index (χ3v) is 3.10. The van der Waals surface area contributed by atoms with E-state index in [9.17, 15) is 4.79 Å². The monoisotopic (exact) mass is 241 g/mol. The maximum absolute atomic E-state index is 10.9. The van der Waals surface area contributed by atoms with Crippen molar-refractivity contribution in [2.75, 3.05) is 19.6 Å². The lowest BCUT2D eigenvalue weighted by Crippen LogP contribution is -2.22. The minimum Gasteiger partial charge on any atom is -0.477 e. The van der Waals surface area contributed by atoms with Crippen LogP contribution in [0.15, 0.2) is 0 Å². The van der Waals surface area contributed by atoms with Crippen LogP contribution in [0.4, 0.5) is 0 Å². The van der Waals surface area contributed by atoms with Crippen LogP contribution in [0, 0.1) is 4.77 Å². The SMILES string of the molecule is O=C(O)c1[nH]c(=S)[nH]c1CCN1CCCC1. The molecule has 1 aliphatic rings. The van der Waals surface area contributed by atoms with Gasteiger partial charge in [-0.15, -0.1) is 0 Å². The molecular weight excluding hydrogens is 226 g/mol. The number of rotatable bonds is 4. The lowest BCUT2D eigenvalue weighted by molar-refractivity contribution is 0.0689. The Morgan fingerprint density at radius 1 is 1.38 bits per heavy atom. The Hall–Kier alpha value is -1.14. The van der Waals surface area contributed by atoms with E-state index in [4.69, 9.17) is 17.3 Å². The van der Waals surface area contributed by atoms with E-state index in [1.807, 2.05) is 0 Å². The summed E-state index contributed by atoms with van der Waals surface area (Å²) in [5.41, 5.74) is 0.897. The largest absolute Gasteiger partial charge is 0.477 e. The quantitative estimate of drug-likeness (QED) is 0.697. The molecule has 0 unspecified atom stereocenters. The van der Waals surface area contributed by atoms with E-state index in [1.165, 1.54) is 12.8 Å². The van der Waals surface area contributed by atoms with Crippen molar-refractivity contribution in [1.29, 1.82) is 0 Å². The molecule has 88 valence electrons. The number of aromatic carboxylic acids is 1. The van der Waals surface area contributed by atoms with Crippen LogP contribution in [0.3, 0.4) is 0 Å². The van der Waals surface area contributed by atoms with Crippen molar-refractivity contribution in [2.45, 2.75) is 19.3 Å². The molecule has 2 heterocycles. The van der Waals surface area contributed by atoms with E-state index in [0.717, 1.165) is 19.6 Å². The van der Waals surface area contributed by atoms with Gasteiger partial charge in [-0.1, -0.05) is 0 Å². The average Bonchev–Trinajstić information content (AvgIpc) is 2.83. The first-order valence-corrected chi connectivity index (χ1v) is 5.84. The van der Waals surface area contributed by atoms with E-state index < -0.39 is 5.97 Å². The zero-order valence-electron chi connectivity index (χ0n) is 8.95. The third-order valence-electron chi connectivity index (χ3n) is 2.90. The van der Waals surface area contributed by atoms with E-state index in [2.05, 4.69) is 14.9 Å². The van der Waals surface area contributed by atoms with Gasteiger partial charge in [0.25, 0.3) is 0 Å². The summed E-state index contributed by atoms with van der Waals surface area (Å²) in [4.78, 5) is 18.8. The van der Waals surface area contributed by atoms with Gasteiger partial charge in [-0.05, 0) is 38.1 Å². The van der Waals surface area contributed by atoms with E-state index in [1.54, 1.807) is 0 Å². The molecule has 0 amide bonds. The van der Waals surface area contributed by atoms with Crippen LogP contribution in [-0.2, 0) is 6.42 Å². The molecular formula is C10H15N3O2S. The number of H-pyrrole nitrogens is 2. The molecule has 0 bridgehead atoms. The second kappa shape index (κ2) is 4.80. The number of hydrogen-bond acceptors (Lipinski definition) is 3. The Balaban J connectivity index is 2.02. The third kappa shape index (κ3) is 2.51. The van der Waals surface area contributed by atoms with Gasteiger partial charge in [0.05, 0.1) is 0 Å². The normalized spacial score (nSPS) is 16.8. The van der Waals surface area contributed by atoms with E-state index >= 15 is 0 Å². The number of carboxylic acids is 1. The fourth-order valence-corrected chi connectivity index (χ4v) is 2.29. The van der Waals surface area contributed by atoms with Gasteiger partial charge in [-0.25, -0.2) is 4.79 Å². The molecule has 16 heavy (non-hydrogen) atoms. The zero-order valence-corrected chi connectivity index (χ0v) is 9.77. The molecule has 1 aromatic heterocycles. The van der Waals surface area contributed by atoms with Gasteiger partial charge in [0.15, 0.2) is 4.77 Å². The van der Waals surface area contributed by atoms with Gasteiger partial charge in [-0.3, -0.25) is 0 Å². The first kappa shape index (κ1) is 11.3. The van der Waals surface area contributed by atoms with Gasteiger partial charge in [-0.2, -0.15) is 0 Å². The van der Waals surface area contributed by atoms with Gasteiger partial charge in [0.2, 0.25) is 0 Å². The molecule has 6 heteroatoms. The van der Waals surface area contributed by atoms with E-state index in [0.29, 0.717) is 16.9 Å². The summed E-state index contributed by atoms with van der Waals surface area (Å²) < 4.78 is 0.383. The lowest BCUT2D eigenvalue weighted by atomic mass is 10.2. The second-order valence-corrected chi connectivity index (χ2v) is 4.44. The van der Waals surface area contributed by atoms with Crippen molar-refractivity contribution in [3.05, 3.63) is 16.2 Å². The number of hydrogen-bond donors (Lipinski definition) is 3. The highest BCUT2D eigenvalue weighted by molar-refractivity contribution is 7.71. The smallest absolute Gasteiger partial charge is 0.354 e. The fraction of sp³-hybridized carbons (Fsp3) is 0.600. The van der Waals surface area contributed by atoms with Crippen LogP contribution in [0.2, 0.25) is 0 Å². The number of aromatic nitrogens is 2. The molecule has 0 spiro atoms. The Morgan fingerprint density at radius 3 is 2.69 bits per heavy atom. The number of nitrogens with zero attached hydrogens (tertiary/aromatic N) is 1. The fourth-order valence-electron chi connectivity index (χ4n) is 2.07. The number of aromatic amines is 2. The second-order valence-electron chi connectivity index (χ2n) is 4.04. The summed E-state index contributed by atoms with van der Waals surface area (Å²) in [5, 5.41) is 8.96. The topological polar surface area (TPSA) is 72.1 Å². The highest BCUT2D eigenvalue weighted by Gasteiger charge is 2.16. The summed E-state index contributed by atoms with van der Waals surface area (Å²) >= 11 is 4.90. The van der Waals surface area contributed by atoms with Crippen molar-refractivity contribution in [2.24, 2.45) is 0 Å². The average molecular weight is 241 g/mol. The van der Waals surface area contributed by atoms with Crippen molar-refractivity contribution in [1.82, 2.24) is 14.9 Å². The molecule has 3 N–H and O–H groups in total. The van der Waals surface area contributed by atoms with E-state index in [-0.39, 0.29) is 5.69 Å². The molecule has 1 saturated heterocycles. The summed E-state index contributed by atoms with van der Waals surface area (Å²) in [6, 6.07) is 0. The Morgan fingerprint density at radius 2 is 2.06 bits per heavy atom. The highest BCUT2D eigenvalue weighted by atomic mass is 32.1. The molecule has 2 rings (SSSR count). The van der Waals surface area contributed by atoms with Gasteiger partial charge >= 0.3 is 5.97 Å². The molecule has 0 saturated carbocycles. The number of carbonyl (C=O) groups is 1. The molecule has 1 fully saturated rings. The van der Waals surface area contributed by atoms with Gasteiger partial charge in [0, 0.05) is 18.7 Å². The highest BCUT2D eigenvalue weighted by Crippen LogP contribution is 2.10. The van der Waals surface area contributed by atoms with Crippen LogP contribution in [0.5, 0.6) is 0 Å². The van der Waals surface area contributed by atoms with Gasteiger partial charge < -0.3 is 20.0 Å². The minimum absolute atomic E-state index is 0.198.